The van der Waals surface area contributed by atoms with Gasteiger partial charge < -0.3 is 10.3 Å². The third-order valence-electron chi connectivity index (χ3n) is 5.72. The topological polar surface area (TPSA) is 91.0 Å². The highest BCUT2D eigenvalue weighted by Gasteiger charge is 2.25. The summed E-state index contributed by atoms with van der Waals surface area (Å²) in [6.45, 7) is 0.790. The van der Waals surface area contributed by atoms with E-state index in [1.165, 1.54) is 10.6 Å². The summed E-state index contributed by atoms with van der Waals surface area (Å²) in [5, 5.41) is 3.97. The average molecular weight is 480 g/mol. The van der Waals surface area contributed by atoms with E-state index in [2.05, 4.69) is 20.3 Å². The molecule has 0 radical (unpaired) electrons. The Morgan fingerprint density at radius 2 is 1.91 bits per heavy atom. The molecule has 168 valence electrons. The Morgan fingerprint density at radius 3 is 2.70 bits per heavy atom. The van der Waals surface area contributed by atoms with Crippen LogP contribution in [0.4, 0.5) is 11.5 Å². The van der Waals surface area contributed by atoms with E-state index < -0.39 is 10.0 Å². The highest BCUT2D eigenvalue weighted by molar-refractivity contribution is 7.88. The lowest BCUT2D eigenvalue weighted by molar-refractivity contribution is 0.395. The van der Waals surface area contributed by atoms with Gasteiger partial charge >= 0.3 is 0 Å². The molecule has 1 aliphatic heterocycles. The molecule has 3 heterocycles. The van der Waals surface area contributed by atoms with E-state index in [0.29, 0.717) is 30.4 Å². The van der Waals surface area contributed by atoms with Crippen molar-refractivity contribution >= 4 is 33.1 Å². The largest absolute Gasteiger partial charge is 0.340 e. The number of halogens is 1. The predicted molar refractivity (Wildman–Crippen MR) is 131 cm³/mol. The van der Waals surface area contributed by atoms with Crippen LogP contribution >= 0.6 is 11.6 Å². The van der Waals surface area contributed by atoms with E-state index >= 15 is 0 Å². The van der Waals surface area contributed by atoms with Gasteiger partial charge in [0.1, 0.15) is 11.6 Å². The summed E-state index contributed by atoms with van der Waals surface area (Å²) >= 11 is 6.50. The summed E-state index contributed by atoms with van der Waals surface area (Å²) < 4.78 is 25.4. The Bertz CT molecular complexity index is 1420. The number of aromatic nitrogens is 3. The van der Waals surface area contributed by atoms with Gasteiger partial charge in [0.25, 0.3) is 0 Å². The smallest absolute Gasteiger partial charge is 0.211 e. The van der Waals surface area contributed by atoms with E-state index in [9.17, 15) is 8.42 Å². The first-order valence-corrected chi connectivity index (χ1v) is 12.7. The fourth-order valence-electron chi connectivity index (χ4n) is 4.00. The van der Waals surface area contributed by atoms with E-state index in [0.717, 1.165) is 39.5 Å². The molecule has 33 heavy (non-hydrogen) atoms. The zero-order chi connectivity index (χ0) is 23.0. The van der Waals surface area contributed by atoms with Gasteiger partial charge in [-0.1, -0.05) is 41.9 Å². The molecule has 2 N–H and O–H groups in total. The molecule has 2 aromatic heterocycles. The number of pyridine rings is 1. The predicted octanol–water partition coefficient (Wildman–Crippen LogP) is 4.85. The first-order valence-electron chi connectivity index (χ1n) is 10.5. The van der Waals surface area contributed by atoms with Gasteiger partial charge in [-0.2, -0.15) is 4.31 Å². The van der Waals surface area contributed by atoms with Gasteiger partial charge in [0.15, 0.2) is 0 Å². The van der Waals surface area contributed by atoms with Crippen LogP contribution in [0.5, 0.6) is 0 Å². The van der Waals surface area contributed by atoms with Gasteiger partial charge in [0.2, 0.25) is 10.0 Å². The molecule has 9 heteroatoms. The van der Waals surface area contributed by atoms with Crippen molar-refractivity contribution < 1.29 is 8.42 Å². The Morgan fingerprint density at radius 1 is 1.09 bits per heavy atom. The molecule has 0 spiro atoms. The molecule has 0 fully saturated rings. The van der Waals surface area contributed by atoms with Gasteiger partial charge in [-0.3, -0.25) is 0 Å². The molecule has 0 saturated carbocycles. The third kappa shape index (κ3) is 4.50. The number of anilines is 2. The van der Waals surface area contributed by atoms with E-state index in [4.69, 9.17) is 11.6 Å². The molecule has 1 aliphatic rings. The minimum absolute atomic E-state index is 0.353. The van der Waals surface area contributed by atoms with Crippen LogP contribution in [-0.2, 0) is 23.0 Å². The van der Waals surface area contributed by atoms with Gasteiger partial charge in [-0.25, -0.2) is 18.4 Å². The lowest BCUT2D eigenvalue weighted by Gasteiger charge is -2.28. The fraction of sp³-hybridized carbons (Fsp3) is 0.167. The molecule has 0 amide bonds. The number of hydrogen-bond donors (Lipinski definition) is 2. The van der Waals surface area contributed by atoms with Crippen LogP contribution in [0.15, 0.2) is 67.0 Å². The van der Waals surface area contributed by atoms with Crippen molar-refractivity contribution in [1.82, 2.24) is 19.3 Å². The minimum atomic E-state index is -3.23. The van der Waals surface area contributed by atoms with Crippen LogP contribution in [0.1, 0.15) is 11.1 Å². The molecule has 0 aliphatic carbocycles. The van der Waals surface area contributed by atoms with Crippen LogP contribution in [0.2, 0.25) is 5.02 Å². The highest BCUT2D eigenvalue weighted by atomic mass is 35.5. The number of imidazole rings is 1. The minimum Gasteiger partial charge on any atom is -0.340 e. The van der Waals surface area contributed by atoms with Crippen LogP contribution in [0.25, 0.3) is 22.6 Å². The van der Waals surface area contributed by atoms with Crippen molar-refractivity contribution in [3.8, 4) is 22.6 Å². The standard InChI is InChI=1S/C24H22ClN5O2S/c1-33(31,32)30-12-10-19-17(15-30)9-11-26-23(19)28-18-7-8-21(25)20(13-18)24-27-14-22(29-24)16-5-3-2-4-6-16/h2-9,11,13-14H,10,12,15H2,1H3,(H,26,28)(H,27,29). The Kier molecular flexibility index (Phi) is 5.65. The number of hydrogen-bond acceptors (Lipinski definition) is 5. The van der Waals surface area contributed by atoms with Gasteiger partial charge in [0, 0.05) is 36.1 Å². The van der Waals surface area contributed by atoms with Crippen LogP contribution in [-0.4, -0.2) is 40.5 Å². The number of rotatable bonds is 5. The molecular formula is C24H22ClN5O2S. The summed E-state index contributed by atoms with van der Waals surface area (Å²) in [4.78, 5) is 12.4. The average Bonchev–Trinajstić information content (AvgIpc) is 3.30. The molecular weight excluding hydrogens is 458 g/mol. The lowest BCUT2D eigenvalue weighted by Crippen LogP contribution is -2.35. The Labute approximate surface area is 197 Å². The molecule has 0 unspecified atom stereocenters. The summed E-state index contributed by atoms with van der Waals surface area (Å²) in [6.07, 6.45) is 5.33. The number of H-pyrrole nitrogens is 1. The number of benzene rings is 2. The number of fused-ring (bicyclic) bond motifs is 1. The van der Waals surface area contributed by atoms with E-state index in [-0.39, 0.29) is 0 Å². The zero-order valence-corrected chi connectivity index (χ0v) is 19.5. The van der Waals surface area contributed by atoms with Crippen molar-refractivity contribution in [1.29, 1.82) is 0 Å². The molecule has 4 aromatic rings. The van der Waals surface area contributed by atoms with Crippen LogP contribution in [0, 0.1) is 0 Å². The summed E-state index contributed by atoms with van der Waals surface area (Å²) in [7, 11) is -3.23. The summed E-state index contributed by atoms with van der Waals surface area (Å²) in [5.74, 6) is 1.40. The Balaban J connectivity index is 1.43. The monoisotopic (exact) mass is 479 g/mol. The molecule has 0 saturated heterocycles. The number of aromatic amines is 1. The molecule has 2 aromatic carbocycles. The second kappa shape index (κ2) is 8.62. The van der Waals surface area contributed by atoms with Crippen LogP contribution < -0.4 is 5.32 Å². The van der Waals surface area contributed by atoms with E-state index in [1.807, 2.05) is 54.6 Å². The number of nitrogens with zero attached hydrogens (tertiary/aromatic N) is 3. The maximum atomic E-state index is 11.9. The van der Waals surface area contributed by atoms with Gasteiger partial charge in [-0.15, -0.1) is 0 Å². The van der Waals surface area contributed by atoms with Crippen LogP contribution in [0.3, 0.4) is 0 Å². The zero-order valence-electron chi connectivity index (χ0n) is 17.9. The first kappa shape index (κ1) is 21.6. The Hall–Kier alpha value is -3.20. The van der Waals surface area contributed by atoms with Crippen molar-refractivity contribution in [2.75, 3.05) is 18.1 Å². The maximum Gasteiger partial charge on any atom is 0.211 e. The lowest BCUT2D eigenvalue weighted by atomic mass is 10.0. The first-order chi connectivity index (χ1) is 15.9. The van der Waals surface area contributed by atoms with Crippen molar-refractivity contribution in [3.63, 3.8) is 0 Å². The molecule has 5 rings (SSSR count). The van der Waals surface area contributed by atoms with E-state index in [1.54, 1.807) is 12.4 Å². The van der Waals surface area contributed by atoms with Crippen molar-refractivity contribution in [3.05, 3.63) is 83.1 Å². The fourth-order valence-corrected chi connectivity index (χ4v) is 5.00. The van der Waals surface area contributed by atoms with Gasteiger partial charge in [0.05, 0.1) is 23.2 Å². The molecule has 0 atom stereocenters. The second-order valence-electron chi connectivity index (χ2n) is 7.97. The normalized spacial score (nSPS) is 14.1. The van der Waals surface area contributed by atoms with Crippen molar-refractivity contribution in [2.24, 2.45) is 0 Å². The van der Waals surface area contributed by atoms with Gasteiger partial charge in [-0.05, 0) is 41.8 Å². The highest BCUT2D eigenvalue weighted by Crippen LogP contribution is 2.33. The maximum absolute atomic E-state index is 11.9. The third-order valence-corrected chi connectivity index (χ3v) is 7.30. The molecule has 0 bridgehead atoms. The summed E-state index contributed by atoms with van der Waals surface area (Å²) in [5.41, 5.74) is 5.53. The SMILES string of the molecule is CS(=O)(=O)N1CCc2c(ccnc2Nc2ccc(Cl)c(-c3ncc(-c4ccccc4)[nH]3)c2)C1. The molecule has 7 nitrogen and oxygen atoms in total. The number of nitrogens with one attached hydrogen (secondary N) is 2. The second-order valence-corrected chi connectivity index (χ2v) is 10.4. The van der Waals surface area contributed by atoms with Crippen molar-refractivity contribution in [2.45, 2.75) is 13.0 Å². The number of sulfonamides is 1. The quantitative estimate of drug-likeness (QED) is 0.427. The summed E-state index contributed by atoms with van der Waals surface area (Å²) in [6, 6.07) is 17.5.